The maximum absolute atomic E-state index is 12.1. The molecular weight excluding hydrogens is 324 g/mol. The van der Waals surface area contributed by atoms with Crippen LogP contribution < -0.4 is 0 Å². The highest BCUT2D eigenvalue weighted by atomic mass is 32.3. The maximum Gasteiger partial charge on any atom is 0.310 e. The highest BCUT2D eigenvalue weighted by molar-refractivity contribution is 7.89. The van der Waals surface area contributed by atoms with Gasteiger partial charge in [0.15, 0.2) is 0 Å². The predicted octanol–water partition coefficient (Wildman–Crippen LogP) is 2.93. The number of hydrogen-bond acceptors (Lipinski definition) is 6. The Balaban J connectivity index is 2.11. The van der Waals surface area contributed by atoms with Gasteiger partial charge in [-0.1, -0.05) is 30.3 Å². The van der Waals surface area contributed by atoms with Gasteiger partial charge in [-0.2, -0.15) is 8.42 Å². The third-order valence-corrected chi connectivity index (χ3v) is 5.83. The zero-order valence-electron chi connectivity index (χ0n) is 12.2. The highest BCUT2D eigenvalue weighted by Crippen LogP contribution is 2.31. The smallest absolute Gasteiger partial charge is 0.310 e. The lowest BCUT2D eigenvalue weighted by molar-refractivity contribution is -0.145. The molecule has 5 nitrogen and oxygen atoms in total. The molecule has 1 aromatic heterocycles. The quantitative estimate of drug-likeness (QED) is 0.597. The summed E-state index contributed by atoms with van der Waals surface area (Å²) >= 11 is 1.13. The highest BCUT2D eigenvalue weighted by Gasteiger charge is 2.22. The summed E-state index contributed by atoms with van der Waals surface area (Å²) in [6, 6.07) is 12.7. The minimum Gasteiger partial charge on any atom is -0.469 e. The van der Waals surface area contributed by atoms with Crippen LogP contribution in [0.15, 0.2) is 46.7 Å². The van der Waals surface area contributed by atoms with Crippen molar-refractivity contribution in [3.63, 3.8) is 0 Å². The van der Waals surface area contributed by atoms with Crippen LogP contribution in [0.25, 0.3) is 10.4 Å². The van der Waals surface area contributed by atoms with Gasteiger partial charge < -0.3 is 4.74 Å². The van der Waals surface area contributed by atoms with E-state index in [1.54, 1.807) is 13.0 Å². The molecule has 0 aliphatic heterocycles. The summed E-state index contributed by atoms with van der Waals surface area (Å²) in [4.78, 5) is 12.1. The first-order valence-corrected chi connectivity index (χ1v) is 8.79. The molecule has 0 fully saturated rings. The van der Waals surface area contributed by atoms with Crippen LogP contribution in [0.5, 0.6) is 0 Å². The fourth-order valence-electron chi connectivity index (χ4n) is 1.73. The molecule has 7 heteroatoms. The normalized spacial score (nSPS) is 12.8. The Labute approximate surface area is 133 Å². The average molecular weight is 340 g/mol. The molecular formula is C15H16O5S2. The standard InChI is InChI=1S/C15H16O5S2/c1-11(15(16)19-2)10-20-22(17,18)14-9-8-13(21-14)12-6-4-3-5-7-12/h3-9,11H,10H2,1-2H3/t11-/m1/s1. The predicted molar refractivity (Wildman–Crippen MR) is 84.1 cm³/mol. The second-order valence-electron chi connectivity index (χ2n) is 4.65. The number of esters is 1. The van der Waals surface area contributed by atoms with Crippen molar-refractivity contribution < 1.29 is 22.1 Å². The number of hydrogen-bond donors (Lipinski definition) is 0. The Bertz CT molecular complexity index is 734. The summed E-state index contributed by atoms with van der Waals surface area (Å²) < 4.78 is 33.8. The molecule has 0 aliphatic rings. The molecule has 0 N–H and O–H groups in total. The number of carbonyl (C=O) groups excluding carboxylic acids is 1. The fourth-order valence-corrected chi connectivity index (χ4v) is 4.03. The molecule has 0 saturated carbocycles. The van der Waals surface area contributed by atoms with E-state index in [-0.39, 0.29) is 10.8 Å². The van der Waals surface area contributed by atoms with Crippen LogP contribution in [0.1, 0.15) is 6.92 Å². The van der Waals surface area contributed by atoms with E-state index in [2.05, 4.69) is 4.74 Å². The molecule has 118 valence electrons. The van der Waals surface area contributed by atoms with Crippen molar-refractivity contribution in [2.45, 2.75) is 11.1 Å². The van der Waals surface area contributed by atoms with Crippen molar-refractivity contribution in [3.8, 4) is 10.4 Å². The Morgan fingerprint density at radius 2 is 1.86 bits per heavy atom. The molecule has 2 rings (SSSR count). The Kier molecular flexibility index (Phi) is 5.33. The summed E-state index contributed by atoms with van der Waals surface area (Å²) in [5.41, 5.74) is 0.942. The lowest BCUT2D eigenvalue weighted by Gasteiger charge is -2.09. The van der Waals surface area contributed by atoms with Crippen molar-refractivity contribution in [2.24, 2.45) is 5.92 Å². The average Bonchev–Trinajstić information content (AvgIpc) is 3.03. The van der Waals surface area contributed by atoms with Crippen molar-refractivity contribution in [2.75, 3.05) is 13.7 Å². The Morgan fingerprint density at radius 3 is 2.50 bits per heavy atom. The summed E-state index contributed by atoms with van der Waals surface area (Å²) in [7, 11) is -2.62. The van der Waals surface area contributed by atoms with Crippen molar-refractivity contribution in [1.29, 1.82) is 0 Å². The maximum atomic E-state index is 12.1. The molecule has 0 saturated heterocycles. The van der Waals surface area contributed by atoms with E-state index in [4.69, 9.17) is 4.18 Å². The first kappa shape index (κ1) is 16.7. The van der Waals surface area contributed by atoms with Crippen LogP contribution in [0.4, 0.5) is 0 Å². The van der Waals surface area contributed by atoms with E-state index in [9.17, 15) is 13.2 Å². The zero-order valence-corrected chi connectivity index (χ0v) is 13.8. The lowest BCUT2D eigenvalue weighted by Crippen LogP contribution is -2.20. The van der Waals surface area contributed by atoms with Crippen LogP contribution in [0.3, 0.4) is 0 Å². The third-order valence-electron chi connectivity index (χ3n) is 2.96. The Hall–Kier alpha value is -1.70. The molecule has 0 bridgehead atoms. The first-order chi connectivity index (χ1) is 10.4. The molecule has 0 radical (unpaired) electrons. The van der Waals surface area contributed by atoms with E-state index >= 15 is 0 Å². The van der Waals surface area contributed by atoms with Crippen LogP contribution in [-0.4, -0.2) is 28.1 Å². The van der Waals surface area contributed by atoms with Crippen LogP contribution in [-0.2, 0) is 23.8 Å². The van der Waals surface area contributed by atoms with E-state index in [1.165, 1.54) is 13.2 Å². The summed E-state index contributed by atoms with van der Waals surface area (Å²) in [5, 5.41) is 0. The zero-order chi connectivity index (χ0) is 16.2. The molecule has 1 aromatic carbocycles. The molecule has 0 amide bonds. The lowest BCUT2D eigenvalue weighted by atomic mass is 10.2. The number of benzene rings is 1. The van der Waals surface area contributed by atoms with E-state index < -0.39 is 22.0 Å². The van der Waals surface area contributed by atoms with Gasteiger partial charge in [0, 0.05) is 4.88 Å². The number of carbonyl (C=O) groups is 1. The fraction of sp³-hybridized carbons (Fsp3) is 0.267. The van der Waals surface area contributed by atoms with Crippen LogP contribution in [0, 0.1) is 5.92 Å². The van der Waals surface area contributed by atoms with Gasteiger partial charge in [0.25, 0.3) is 0 Å². The molecule has 2 aromatic rings. The summed E-state index contributed by atoms with van der Waals surface area (Å²) in [6.45, 7) is 1.30. The second-order valence-corrected chi connectivity index (χ2v) is 7.57. The largest absolute Gasteiger partial charge is 0.469 e. The first-order valence-electron chi connectivity index (χ1n) is 6.56. The summed E-state index contributed by atoms with van der Waals surface area (Å²) in [5.74, 6) is -1.15. The van der Waals surface area contributed by atoms with Crippen molar-refractivity contribution >= 4 is 27.4 Å². The number of thiophene rings is 1. The van der Waals surface area contributed by atoms with Crippen LogP contribution >= 0.6 is 11.3 Å². The van der Waals surface area contributed by atoms with Crippen molar-refractivity contribution in [3.05, 3.63) is 42.5 Å². The van der Waals surface area contributed by atoms with Gasteiger partial charge in [0.2, 0.25) is 0 Å². The molecule has 0 aliphatic carbocycles. The van der Waals surface area contributed by atoms with Gasteiger partial charge in [-0.3, -0.25) is 8.98 Å². The minimum absolute atomic E-state index is 0.114. The number of methoxy groups -OCH3 is 1. The van der Waals surface area contributed by atoms with Gasteiger partial charge in [0.1, 0.15) is 4.21 Å². The SMILES string of the molecule is COC(=O)[C@H](C)COS(=O)(=O)c1ccc(-c2ccccc2)s1. The second kappa shape index (κ2) is 7.04. The van der Waals surface area contributed by atoms with Gasteiger partial charge in [-0.25, -0.2) is 0 Å². The van der Waals surface area contributed by atoms with Gasteiger partial charge in [0.05, 0.1) is 19.6 Å². The summed E-state index contributed by atoms with van der Waals surface area (Å²) in [6.07, 6.45) is 0. The third kappa shape index (κ3) is 3.94. The van der Waals surface area contributed by atoms with Gasteiger partial charge >= 0.3 is 16.1 Å². The number of rotatable bonds is 6. The van der Waals surface area contributed by atoms with E-state index in [1.807, 2.05) is 30.3 Å². The van der Waals surface area contributed by atoms with Crippen molar-refractivity contribution in [1.82, 2.24) is 0 Å². The minimum atomic E-state index is -3.87. The van der Waals surface area contributed by atoms with E-state index in [0.29, 0.717) is 0 Å². The molecule has 22 heavy (non-hydrogen) atoms. The molecule has 1 heterocycles. The van der Waals surface area contributed by atoms with Gasteiger partial charge in [-0.05, 0) is 24.6 Å². The molecule has 0 unspecified atom stereocenters. The Morgan fingerprint density at radius 1 is 1.18 bits per heavy atom. The van der Waals surface area contributed by atoms with E-state index in [0.717, 1.165) is 21.8 Å². The van der Waals surface area contributed by atoms with Gasteiger partial charge in [-0.15, -0.1) is 11.3 Å². The van der Waals surface area contributed by atoms with Crippen LogP contribution in [0.2, 0.25) is 0 Å². The number of ether oxygens (including phenoxy) is 1. The molecule has 1 atom stereocenters. The topological polar surface area (TPSA) is 69.7 Å². The monoisotopic (exact) mass is 340 g/mol. The molecule has 0 spiro atoms.